The number of unbranched alkanes of at least 4 members (excludes halogenated alkanes) is 1. The van der Waals surface area contributed by atoms with E-state index in [-0.39, 0.29) is 0 Å². The number of para-hydroxylation sites is 1. The van der Waals surface area contributed by atoms with Gasteiger partial charge >= 0.3 is 0 Å². The summed E-state index contributed by atoms with van der Waals surface area (Å²) in [7, 11) is 0. The average molecular weight is 337 g/mol. The maximum atomic E-state index is 5.87. The predicted molar refractivity (Wildman–Crippen MR) is 85.5 cm³/mol. The van der Waals surface area contributed by atoms with Crippen LogP contribution in [0.3, 0.4) is 0 Å². The monoisotopic (exact) mass is 336 g/mol. The summed E-state index contributed by atoms with van der Waals surface area (Å²) in [6.07, 6.45) is 2.23. The van der Waals surface area contributed by atoms with Crippen LogP contribution < -0.4 is 4.74 Å². The lowest BCUT2D eigenvalue weighted by atomic mass is 10.3. The first-order chi connectivity index (χ1) is 9.40. The van der Waals surface area contributed by atoms with Gasteiger partial charge in [-0.1, -0.05) is 58.0 Å². The molecule has 0 radical (unpaired) electrons. The minimum absolute atomic E-state index is 0.776. The third kappa shape index (κ3) is 4.92. The van der Waals surface area contributed by atoms with Gasteiger partial charge in [-0.3, -0.25) is 0 Å². The van der Waals surface area contributed by atoms with Gasteiger partial charge in [0.2, 0.25) is 0 Å². The molecule has 2 rings (SSSR count). The minimum Gasteiger partial charge on any atom is -0.492 e. The zero-order valence-electron chi connectivity index (χ0n) is 10.7. The van der Waals surface area contributed by atoms with E-state index < -0.39 is 0 Å². The lowest BCUT2D eigenvalue weighted by Crippen LogP contribution is -1.98. The molecular weight excluding hydrogens is 320 g/mol. The third-order valence-corrected chi connectivity index (χ3v) is 4.23. The molecule has 100 valence electrons. The Kier molecular flexibility index (Phi) is 6.31. The van der Waals surface area contributed by atoms with E-state index in [1.807, 2.05) is 18.2 Å². The van der Waals surface area contributed by atoms with Crippen LogP contribution >= 0.6 is 27.7 Å². The Labute approximate surface area is 127 Å². The molecular formula is C16H17BrOS. The molecule has 0 heterocycles. The summed E-state index contributed by atoms with van der Waals surface area (Å²) < 4.78 is 5.87. The van der Waals surface area contributed by atoms with E-state index in [4.69, 9.17) is 4.74 Å². The number of alkyl halides is 1. The summed E-state index contributed by atoms with van der Waals surface area (Å²) in [5.41, 5.74) is 0. The standard InChI is InChI=1S/C16H17BrOS/c17-12-6-7-13-18-15-10-4-5-11-16(15)19-14-8-2-1-3-9-14/h1-5,8-11H,6-7,12-13H2. The van der Waals surface area contributed by atoms with Crippen molar-refractivity contribution in [2.24, 2.45) is 0 Å². The van der Waals surface area contributed by atoms with Crippen LogP contribution in [0.25, 0.3) is 0 Å². The van der Waals surface area contributed by atoms with Crippen LogP contribution in [-0.2, 0) is 0 Å². The molecule has 1 nitrogen and oxygen atoms in total. The van der Waals surface area contributed by atoms with Crippen LogP contribution in [-0.4, -0.2) is 11.9 Å². The molecule has 19 heavy (non-hydrogen) atoms. The summed E-state index contributed by atoms with van der Waals surface area (Å²) in [5, 5.41) is 1.04. The number of hydrogen-bond acceptors (Lipinski definition) is 2. The minimum atomic E-state index is 0.776. The van der Waals surface area contributed by atoms with Gasteiger partial charge in [0.15, 0.2) is 0 Å². The molecule has 0 bridgehead atoms. The van der Waals surface area contributed by atoms with Crippen LogP contribution in [0, 0.1) is 0 Å². The second-order valence-corrected chi connectivity index (χ2v) is 6.01. The van der Waals surface area contributed by atoms with E-state index in [1.165, 1.54) is 9.79 Å². The molecule has 0 aliphatic carbocycles. The third-order valence-electron chi connectivity index (χ3n) is 2.61. The van der Waals surface area contributed by atoms with Gasteiger partial charge < -0.3 is 4.74 Å². The lowest BCUT2D eigenvalue weighted by Gasteiger charge is -2.10. The van der Waals surface area contributed by atoms with Crippen molar-refractivity contribution in [3.05, 3.63) is 54.6 Å². The van der Waals surface area contributed by atoms with Crippen molar-refractivity contribution in [1.82, 2.24) is 0 Å². The Morgan fingerprint density at radius 3 is 2.42 bits per heavy atom. The highest BCUT2D eigenvalue weighted by Gasteiger charge is 2.04. The molecule has 2 aromatic rings. The fraction of sp³-hybridized carbons (Fsp3) is 0.250. The van der Waals surface area contributed by atoms with Crippen molar-refractivity contribution in [3.8, 4) is 5.75 Å². The van der Waals surface area contributed by atoms with Crippen molar-refractivity contribution < 1.29 is 4.74 Å². The van der Waals surface area contributed by atoms with Gasteiger partial charge in [0.25, 0.3) is 0 Å². The zero-order chi connectivity index (χ0) is 13.3. The molecule has 0 saturated carbocycles. The molecule has 0 N–H and O–H groups in total. The normalized spacial score (nSPS) is 10.4. The van der Waals surface area contributed by atoms with Gasteiger partial charge in [-0.15, -0.1) is 0 Å². The van der Waals surface area contributed by atoms with E-state index in [9.17, 15) is 0 Å². The second kappa shape index (κ2) is 8.28. The van der Waals surface area contributed by atoms with E-state index in [1.54, 1.807) is 11.8 Å². The van der Waals surface area contributed by atoms with E-state index >= 15 is 0 Å². The predicted octanol–water partition coefficient (Wildman–Crippen LogP) is 5.39. The van der Waals surface area contributed by atoms with Gasteiger partial charge in [-0.2, -0.15) is 0 Å². The molecule has 0 aliphatic heterocycles. The molecule has 0 saturated heterocycles. The largest absolute Gasteiger partial charge is 0.492 e. The molecule has 0 amide bonds. The number of halogens is 1. The number of benzene rings is 2. The van der Waals surface area contributed by atoms with Crippen LogP contribution in [0.4, 0.5) is 0 Å². The maximum Gasteiger partial charge on any atom is 0.133 e. The molecule has 0 atom stereocenters. The highest BCUT2D eigenvalue weighted by molar-refractivity contribution is 9.09. The number of ether oxygens (including phenoxy) is 1. The van der Waals surface area contributed by atoms with Gasteiger partial charge in [-0.05, 0) is 37.1 Å². The van der Waals surface area contributed by atoms with Crippen LogP contribution in [0.1, 0.15) is 12.8 Å². The molecule has 0 aromatic heterocycles. The van der Waals surface area contributed by atoms with Crippen LogP contribution in [0.2, 0.25) is 0 Å². The Morgan fingerprint density at radius 1 is 0.895 bits per heavy atom. The van der Waals surface area contributed by atoms with Crippen molar-refractivity contribution in [2.75, 3.05) is 11.9 Å². The van der Waals surface area contributed by atoms with Crippen molar-refractivity contribution in [2.45, 2.75) is 22.6 Å². The topological polar surface area (TPSA) is 9.23 Å². The van der Waals surface area contributed by atoms with E-state index in [0.717, 1.165) is 30.5 Å². The van der Waals surface area contributed by atoms with Crippen molar-refractivity contribution >= 4 is 27.7 Å². The average Bonchev–Trinajstić information content (AvgIpc) is 2.46. The summed E-state index contributed by atoms with van der Waals surface area (Å²) in [6.45, 7) is 0.776. The maximum absolute atomic E-state index is 5.87. The van der Waals surface area contributed by atoms with Crippen molar-refractivity contribution in [3.63, 3.8) is 0 Å². The van der Waals surface area contributed by atoms with Crippen LogP contribution in [0.15, 0.2) is 64.4 Å². The SMILES string of the molecule is BrCCCCOc1ccccc1Sc1ccccc1. The summed E-state index contributed by atoms with van der Waals surface area (Å²) in [4.78, 5) is 2.41. The smallest absolute Gasteiger partial charge is 0.133 e. The quantitative estimate of drug-likeness (QED) is 0.495. The molecule has 0 aliphatic rings. The van der Waals surface area contributed by atoms with Crippen molar-refractivity contribution in [1.29, 1.82) is 0 Å². The fourth-order valence-electron chi connectivity index (χ4n) is 1.65. The fourth-order valence-corrected chi connectivity index (χ4v) is 2.97. The first kappa shape index (κ1) is 14.5. The highest BCUT2D eigenvalue weighted by atomic mass is 79.9. The molecule has 3 heteroatoms. The first-order valence-corrected chi connectivity index (χ1v) is 8.34. The van der Waals surface area contributed by atoms with Gasteiger partial charge in [0.1, 0.15) is 5.75 Å². The summed E-state index contributed by atoms with van der Waals surface area (Å²) in [5.74, 6) is 0.978. The Hall–Kier alpha value is -0.930. The Balaban J connectivity index is 2.00. The second-order valence-electron chi connectivity index (χ2n) is 4.11. The van der Waals surface area contributed by atoms with Gasteiger partial charge in [-0.25, -0.2) is 0 Å². The van der Waals surface area contributed by atoms with Crippen LogP contribution in [0.5, 0.6) is 5.75 Å². The lowest BCUT2D eigenvalue weighted by molar-refractivity contribution is 0.303. The molecule has 0 spiro atoms. The number of rotatable bonds is 7. The highest BCUT2D eigenvalue weighted by Crippen LogP contribution is 2.34. The zero-order valence-corrected chi connectivity index (χ0v) is 13.1. The van der Waals surface area contributed by atoms with E-state index in [0.29, 0.717) is 0 Å². The Bertz CT molecular complexity index is 487. The number of hydrogen-bond donors (Lipinski definition) is 0. The molecule has 0 fully saturated rings. The molecule has 0 unspecified atom stereocenters. The first-order valence-electron chi connectivity index (χ1n) is 6.41. The summed E-state index contributed by atoms with van der Waals surface area (Å²) >= 11 is 5.18. The summed E-state index contributed by atoms with van der Waals surface area (Å²) in [6, 6.07) is 18.6. The van der Waals surface area contributed by atoms with Gasteiger partial charge in [0.05, 0.1) is 11.5 Å². The Morgan fingerprint density at radius 2 is 1.63 bits per heavy atom. The van der Waals surface area contributed by atoms with E-state index in [2.05, 4.69) is 52.3 Å². The van der Waals surface area contributed by atoms with Gasteiger partial charge in [0, 0.05) is 10.2 Å². The molecule has 2 aromatic carbocycles.